The van der Waals surface area contributed by atoms with E-state index in [0.29, 0.717) is 12.3 Å². The number of thioether (sulfide) groups is 1. The van der Waals surface area contributed by atoms with Gasteiger partial charge in [-0.1, -0.05) is 60.7 Å². The van der Waals surface area contributed by atoms with Gasteiger partial charge in [-0.05, 0) is 24.5 Å². The van der Waals surface area contributed by atoms with Gasteiger partial charge in [0.1, 0.15) is 6.04 Å². The lowest BCUT2D eigenvalue weighted by atomic mass is 10.1. The average Bonchev–Trinajstić information content (AvgIpc) is 2.69. The molecule has 2 aromatic carbocycles. The van der Waals surface area contributed by atoms with E-state index in [1.54, 1.807) is 30.6 Å². The SMILES string of the molecule is CNC(=O)C(C)N(CCc1ccccc1)C(=O)CSCc1ccccc1. The van der Waals surface area contributed by atoms with E-state index < -0.39 is 6.04 Å². The molecule has 0 spiro atoms. The van der Waals surface area contributed by atoms with E-state index in [9.17, 15) is 9.59 Å². The summed E-state index contributed by atoms with van der Waals surface area (Å²) in [5.41, 5.74) is 2.35. The van der Waals surface area contributed by atoms with Crippen molar-refractivity contribution in [2.24, 2.45) is 0 Å². The van der Waals surface area contributed by atoms with Crippen molar-refractivity contribution in [2.75, 3.05) is 19.3 Å². The highest BCUT2D eigenvalue weighted by Crippen LogP contribution is 2.14. The van der Waals surface area contributed by atoms with Crippen molar-refractivity contribution >= 4 is 23.6 Å². The van der Waals surface area contributed by atoms with Crippen LogP contribution in [0.4, 0.5) is 0 Å². The van der Waals surface area contributed by atoms with Crippen molar-refractivity contribution in [1.29, 1.82) is 0 Å². The van der Waals surface area contributed by atoms with Crippen molar-refractivity contribution in [3.05, 3.63) is 71.8 Å². The van der Waals surface area contributed by atoms with Crippen molar-refractivity contribution in [3.8, 4) is 0 Å². The first-order chi connectivity index (χ1) is 12.6. The molecule has 26 heavy (non-hydrogen) atoms. The quantitative estimate of drug-likeness (QED) is 0.738. The fourth-order valence-electron chi connectivity index (χ4n) is 2.69. The molecule has 0 radical (unpaired) electrons. The summed E-state index contributed by atoms with van der Waals surface area (Å²) in [5, 5.41) is 2.64. The zero-order valence-corrected chi connectivity index (χ0v) is 16.2. The predicted octanol–water partition coefficient (Wildman–Crippen LogP) is 3.13. The third-order valence-corrected chi connectivity index (χ3v) is 5.22. The summed E-state index contributed by atoms with van der Waals surface area (Å²) in [6, 6.07) is 19.6. The molecule has 1 unspecified atom stereocenters. The maximum atomic E-state index is 12.7. The van der Waals surface area contributed by atoms with Crippen LogP contribution >= 0.6 is 11.8 Å². The van der Waals surface area contributed by atoms with Crippen molar-refractivity contribution in [1.82, 2.24) is 10.2 Å². The molecule has 0 saturated carbocycles. The van der Waals surface area contributed by atoms with E-state index in [4.69, 9.17) is 0 Å². The number of rotatable bonds is 9. The van der Waals surface area contributed by atoms with E-state index in [2.05, 4.69) is 17.4 Å². The van der Waals surface area contributed by atoms with E-state index >= 15 is 0 Å². The van der Waals surface area contributed by atoms with Crippen molar-refractivity contribution in [2.45, 2.75) is 25.1 Å². The summed E-state index contributed by atoms with van der Waals surface area (Å²) < 4.78 is 0. The highest BCUT2D eigenvalue weighted by Gasteiger charge is 2.24. The van der Waals surface area contributed by atoms with Crippen LogP contribution in [0.3, 0.4) is 0 Å². The van der Waals surface area contributed by atoms with Crippen LogP contribution < -0.4 is 5.32 Å². The lowest BCUT2D eigenvalue weighted by molar-refractivity contribution is -0.137. The molecular weight excluding hydrogens is 344 g/mol. The van der Waals surface area contributed by atoms with E-state index in [1.165, 1.54) is 5.56 Å². The molecule has 0 aliphatic heterocycles. The summed E-state index contributed by atoms with van der Waals surface area (Å²) >= 11 is 1.58. The zero-order valence-electron chi connectivity index (χ0n) is 15.4. The van der Waals surface area contributed by atoms with Crippen LogP contribution in [-0.2, 0) is 21.8 Å². The van der Waals surface area contributed by atoms with Gasteiger partial charge in [0.05, 0.1) is 5.75 Å². The van der Waals surface area contributed by atoms with Gasteiger partial charge in [-0.25, -0.2) is 0 Å². The first kappa shape index (κ1) is 20.0. The summed E-state index contributed by atoms with van der Waals surface area (Å²) in [4.78, 5) is 26.5. The number of carbonyl (C=O) groups excluding carboxylic acids is 2. The highest BCUT2D eigenvalue weighted by molar-refractivity contribution is 7.99. The molecule has 0 bridgehead atoms. The number of carbonyl (C=O) groups is 2. The Morgan fingerprint density at radius 3 is 2.15 bits per heavy atom. The van der Waals surface area contributed by atoms with Gasteiger partial charge in [0.15, 0.2) is 0 Å². The van der Waals surface area contributed by atoms with Gasteiger partial charge in [-0.15, -0.1) is 11.8 Å². The maximum Gasteiger partial charge on any atom is 0.242 e. The fraction of sp³-hybridized carbons (Fsp3) is 0.333. The van der Waals surface area contributed by atoms with Gasteiger partial charge >= 0.3 is 0 Å². The number of likely N-dealkylation sites (N-methyl/N-ethyl adjacent to an activating group) is 1. The smallest absolute Gasteiger partial charge is 0.242 e. The summed E-state index contributed by atoms with van der Waals surface area (Å²) in [7, 11) is 1.60. The Labute approximate surface area is 160 Å². The molecule has 2 aromatic rings. The number of nitrogens with one attached hydrogen (secondary N) is 1. The van der Waals surface area contributed by atoms with E-state index in [1.807, 2.05) is 48.5 Å². The van der Waals surface area contributed by atoms with Gasteiger partial charge in [0.25, 0.3) is 0 Å². The van der Waals surface area contributed by atoms with Crippen molar-refractivity contribution < 1.29 is 9.59 Å². The lowest BCUT2D eigenvalue weighted by Crippen LogP contribution is -2.48. The fourth-order valence-corrected chi connectivity index (χ4v) is 3.56. The van der Waals surface area contributed by atoms with E-state index in [-0.39, 0.29) is 11.8 Å². The molecule has 5 heteroatoms. The Bertz CT molecular complexity index is 692. The minimum absolute atomic E-state index is 0.00189. The van der Waals surface area contributed by atoms with Gasteiger partial charge in [-0.3, -0.25) is 9.59 Å². The molecule has 0 aromatic heterocycles. The minimum atomic E-state index is -0.478. The molecule has 0 saturated heterocycles. The minimum Gasteiger partial charge on any atom is -0.357 e. The van der Waals surface area contributed by atoms with Crippen LogP contribution in [0.1, 0.15) is 18.1 Å². The third-order valence-electron chi connectivity index (χ3n) is 4.23. The molecule has 0 fully saturated rings. The van der Waals surface area contributed by atoms with Crippen LogP contribution in [0.15, 0.2) is 60.7 Å². The van der Waals surface area contributed by atoms with Crippen LogP contribution in [0.2, 0.25) is 0 Å². The highest BCUT2D eigenvalue weighted by atomic mass is 32.2. The normalized spacial score (nSPS) is 11.6. The number of benzene rings is 2. The van der Waals surface area contributed by atoms with Gasteiger partial charge < -0.3 is 10.2 Å². The average molecular weight is 371 g/mol. The second kappa shape index (κ2) is 10.7. The second-order valence-corrected chi connectivity index (χ2v) is 7.08. The Balaban J connectivity index is 1.94. The van der Waals surface area contributed by atoms with Gasteiger partial charge in [-0.2, -0.15) is 0 Å². The number of nitrogens with zero attached hydrogens (tertiary/aromatic N) is 1. The number of hydrogen-bond donors (Lipinski definition) is 1. The number of amides is 2. The second-order valence-electron chi connectivity index (χ2n) is 6.09. The van der Waals surface area contributed by atoms with Crippen LogP contribution in [0, 0.1) is 0 Å². The Hall–Kier alpha value is -2.27. The van der Waals surface area contributed by atoms with Crippen LogP contribution in [0.5, 0.6) is 0 Å². The van der Waals surface area contributed by atoms with Crippen LogP contribution in [-0.4, -0.2) is 42.1 Å². The lowest BCUT2D eigenvalue weighted by Gasteiger charge is -2.28. The Morgan fingerprint density at radius 1 is 1.00 bits per heavy atom. The van der Waals surface area contributed by atoms with E-state index in [0.717, 1.165) is 17.7 Å². The van der Waals surface area contributed by atoms with Gasteiger partial charge in [0, 0.05) is 19.3 Å². The molecule has 2 rings (SSSR count). The Morgan fingerprint density at radius 2 is 1.58 bits per heavy atom. The molecule has 1 atom stereocenters. The molecule has 2 amide bonds. The first-order valence-electron chi connectivity index (χ1n) is 8.78. The summed E-state index contributed by atoms with van der Waals surface area (Å²) in [6.07, 6.45) is 0.733. The molecule has 0 heterocycles. The molecular formula is C21H26N2O2S. The summed E-state index contributed by atoms with van der Waals surface area (Å²) in [6.45, 7) is 2.31. The Kier molecular flexibility index (Phi) is 8.22. The summed E-state index contributed by atoms with van der Waals surface area (Å²) in [5.74, 6) is 1.01. The largest absolute Gasteiger partial charge is 0.357 e. The molecule has 138 valence electrons. The predicted molar refractivity (Wildman–Crippen MR) is 108 cm³/mol. The number of hydrogen-bond acceptors (Lipinski definition) is 3. The monoisotopic (exact) mass is 370 g/mol. The van der Waals surface area contributed by atoms with Gasteiger partial charge in [0.2, 0.25) is 11.8 Å². The molecule has 0 aliphatic rings. The zero-order chi connectivity index (χ0) is 18.8. The maximum absolute atomic E-state index is 12.7. The molecule has 4 nitrogen and oxygen atoms in total. The first-order valence-corrected chi connectivity index (χ1v) is 9.94. The molecule has 1 N–H and O–H groups in total. The van der Waals surface area contributed by atoms with Crippen molar-refractivity contribution in [3.63, 3.8) is 0 Å². The standard InChI is InChI=1S/C21H26N2O2S/c1-17(21(25)22-2)23(14-13-18-9-5-3-6-10-18)20(24)16-26-15-19-11-7-4-8-12-19/h3-12,17H,13-16H2,1-2H3,(H,22,25). The third kappa shape index (κ3) is 6.23. The topological polar surface area (TPSA) is 49.4 Å². The molecule has 0 aliphatic carbocycles. The van der Waals surface area contributed by atoms with Crippen LogP contribution in [0.25, 0.3) is 0 Å².